The molecule has 0 fully saturated rings. The molecule has 1 atom stereocenters. The number of ether oxygens (including phenoxy) is 1. The number of rotatable bonds is 9. The van der Waals surface area contributed by atoms with Gasteiger partial charge in [-0.2, -0.15) is 10.2 Å². The van der Waals surface area contributed by atoms with Gasteiger partial charge in [0.2, 0.25) is 0 Å². The van der Waals surface area contributed by atoms with E-state index in [1.165, 1.54) is 17.7 Å². The maximum atomic E-state index is 13.7. The molecule has 0 unspecified atom stereocenters. The highest BCUT2D eigenvalue weighted by Crippen LogP contribution is 2.35. The molecular weight excluding hydrogens is 503 g/mol. The van der Waals surface area contributed by atoms with Crippen molar-refractivity contribution in [1.29, 1.82) is 0 Å². The molecule has 0 spiro atoms. The Morgan fingerprint density at radius 2 is 1.80 bits per heavy atom. The van der Waals surface area contributed by atoms with Crippen molar-refractivity contribution in [2.24, 2.45) is 5.73 Å². The SMILES string of the molecule is Cc1[nH]nc2ccc(-c3cc(OC[C@@H](N)Cc4ccccc4)cnc3-c3cnn(Cc4cccc(F)c4)c3)cc12. The van der Waals surface area contributed by atoms with Crippen LogP contribution in [0.3, 0.4) is 0 Å². The number of aryl methyl sites for hydroxylation is 1. The van der Waals surface area contributed by atoms with Gasteiger partial charge in [-0.15, -0.1) is 0 Å². The van der Waals surface area contributed by atoms with Gasteiger partial charge in [-0.1, -0.05) is 48.5 Å². The molecule has 0 radical (unpaired) electrons. The summed E-state index contributed by atoms with van der Waals surface area (Å²) in [6.07, 6.45) is 6.15. The molecule has 0 saturated heterocycles. The van der Waals surface area contributed by atoms with Crippen molar-refractivity contribution in [3.63, 3.8) is 0 Å². The number of aromatic nitrogens is 5. The Morgan fingerprint density at radius 1 is 0.950 bits per heavy atom. The number of hydrogen-bond donors (Lipinski definition) is 2. The summed E-state index contributed by atoms with van der Waals surface area (Å²) < 4.78 is 21.6. The molecule has 6 rings (SSSR count). The first-order valence-corrected chi connectivity index (χ1v) is 13.2. The van der Waals surface area contributed by atoms with Crippen LogP contribution in [0.2, 0.25) is 0 Å². The molecule has 7 nitrogen and oxygen atoms in total. The van der Waals surface area contributed by atoms with Crippen LogP contribution in [0, 0.1) is 12.7 Å². The molecule has 0 amide bonds. The van der Waals surface area contributed by atoms with E-state index in [0.717, 1.165) is 51.0 Å². The van der Waals surface area contributed by atoms with Crippen LogP contribution in [0.5, 0.6) is 5.75 Å². The Kier molecular flexibility index (Phi) is 7.08. The average molecular weight is 533 g/mol. The first-order valence-electron chi connectivity index (χ1n) is 13.2. The van der Waals surface area contributed by atoms with Crippen molar-refractivity contribution < 1.29 is 9.13 Å². The highest BCUT2D eigenvalue weighted by Gasteiger charge is 2.16. The van der Waals surface area contributed by atoms with Crippen molar-refractivity contribution in [2.75, 3.05) is 6.61 Å². The molecular formula is C32H29FN6O. The number of nitrogens with two attached hydrogens (primary N) is 1. The van der Waals surface area contributed by atoms with E-state index in [-0.39, 0.29) is 11.9 Å². The maximum absolute atomic E-state index is 13.7. The third-order valence-corrected chi connectivity index (χ3v) is 6.86. The summed E-state index contributed by atoms with van der Waals surface area (Å²) in [6.45, 7) is 2.82. The van der Waals surface area contributed by atoms with E-state index in [2.05, 4.69) is 33.5 Å². The predicted octanol–water partition coefficient (Wildman–Crippen LogP) is 5.93. The van der Waals surface area contributed by atoms with Crippen LogP contribution in [-0.2, 0) is 13.0 Å². The number of fused-ring (bicyclic) bond motifs is 1. The first kappa shape index (κ1) is 25.5. The van der Waals surface area contributed by atoms with Crippen LogP contribution in [0.1, 0.15) is 16.8 Å². The molecule has 3 heterocycles. The van der Waals surface area contributed by atoms with Gasteiger partial charge in [0, 0.05) is 34.4 Å². The average Bonchev–Trinajstić information content (AvgIpc) is 3.58. The summed E-state index contributed by atoms with van der Waals surface area (Å²) in [4.78, 5) is 4.81. The summed E-state index contributed by atoms with van der Waals surface area (Å²) >= 11 is 0. The lowest BCUT2D eigenvalue weighted by atomic mass is 9.99. The lowest BCUT2D eigenvalue weighted by Gasteiger charge is -2.15. The van der Waals surface area contributed by atoms with Crippen LogP contribution in [-0.4, -0.2) is 37.6 Å². The second kappa shape index (κ2) is 11.1. The third kappa shape index (κ3) is 5.62. The molecule has 0 aliphatic carbocycles. The Balaban J connectivity index is 1.30. The summed E-state index contributed by atoms with van der Waals surface area (Å²) in [5.74, 6) is 0.372. The van der Waals surface area contributed by atoms with Gasteiger partial charge in [0.05, 0.1) is 30.1 Å². The minimum Gasteiger partial charge on any atom is -0.490 e. The number of H-pyrrole nitrogens is 1. The van der Waals surface area contributed by atoms with E-state index in [4.69, 9.17) is 15.5 Å². The molecule has 40 heavy (non-hydrogen) atoms. The smallest absolute Gasteiger partial charge is 0.138 e. The third-order valence-electron chi connectivity index (χ3n) is 6.86. The van der Waals surface area contributed by atoms with Gasteiger partial charge < -0.3 is 10.5 Å². The van der Waals surface area contributed by atoms with Gasteiger partial charge in [-0.05, 0) is 60.4 Å². The van der Waals surface area contributed by atoms with Crippen LogP contribution < -0.4 is 10.5 Å². The van der Waals surface area contributed by atoms with Crippen molar-refractivity contribution in [3.05, 3.63) is 120 Å². The summed E-state index contributed by atoms with van der Waals surface area (Å²) in [6, 6.07) is 24.7. The normalized spacial score (nSPS) is 12.1. The fourth-order valence-corrected chi connectivity index (χ4v) is 4.85. The molecule has 3 aromatic heterocycles. The topological polar surface area (TPSA) is 94.6 Å². The van der Waals surface area contributed by atoms with Crippen LogP contribution in [0.15, 0.2) is 97.5 Å². The molecule has 8 heteroatoms. The largest absolute Gasteiger partial charge is 0.490 e. The van der Waals surface area contributed by atoms with E-state index in [0.29, 0.717) is 18.9 Å². The standard InChI is InChI=1S/C32H29FN6O/c1-21-29-14-24(10-11-31(29)38-37-21)30-15-28(40-20-27(34)13-22-6-3-2-4-7-22)17-35-32(30)25-16-36-39(19-25)18-23-8-5-9-26(33)12-23/h2-12,14-17,19,27H,13,18,20,34H2,1H3,(H,37,38)/t27-/m0/s1. The number of nitrogens with one attached hydrogen (secondary N) is 1. The van der Waals surface area contributed by atoms with E-state index >= 15 is 0 Å². The van der Waals surface area contributed by atoms with E-state index in [9.17, 15) is 4.39 Å². The van der Waals surface area contributed by atoms with Crippen molar-refractivity contribution in [2.45, 2.75) is 25.9 Å². The van der Waals surface area contributed by atoms with Crippen LogP contribution in [0.25, 0.3) is 33.3 Å². The number of aromatic amines is 1. The summed E-state index contributed by atoms with van der Waals surface area (Å²) in [7, 11) is 0. The number of nitrogens with zero attached hydrogens (tertiary/aromatic N) is 4. The monoisotopic (exact) mass is 532 g/mol. The van der Waals surface area contributed by atoms with E-state index in [1.807, 2.05) is 55.6 Å². The molecule has 0 bridgehead atoms. The second-order valence-electron chi connectivity index (χ2n) is 9.97. The maximum Gasteiger partial charge on any atom is 0.138 e. The van der Waals surface area contributed by atoms with Gasteiger partial charge in [0.25, 0.3) is 0 Å². The first-order chi connectivity index (χ1) is 19.5. The van der Waals surface area contributed by atoms with Gasteiger partial charge in [-0.3, -0.25) is 14.8 Å². The highest BCUT2D eigenvalue weighted by molar-refractivity contribution is 5.90. The zero-order valence-electron chi connectivity index (χ0n) is 22.1. The highest BCUT2D eigenvalue weighted by atomic mass is 19.1. The Morgan fingerprint density at radius 3 is 2.65 bits per heavy atom. The summed E-state index contributed by atoms with van der Waals surface area (Å²) in [5.41, 5.74) is 13.8. The Hall–Kier alpha value is -4.82. The number of hydrogen-bond acceptors (Lipinski definition) is 5. The fraction of sp³-hybridized carbons (Fsp3) is 0.156. The lowest BCUT2D eigenvalue weighted by Crippen LogP contribution is -2.30. The van der Waals surface area contributed by atoms with Crippen molar-refractivity contribution in [3.8, 4) is 28.1 Å². The molecule has 3 N–H and O–H groups in total. The van der Waals surface area contributed by atoms with E-state index < -0.39 is 0 Å². The number of halogens is 1. The van der Waals surface area contributed by atoms with Crippen molar-refractivity contribution >= 4 is 10.9 Å². The molecule has 200 valence electrons. The van der Waals surface area contributed by atoms with Gasteiger partial charge in [0.15, 0.2) is 0 Å². The Bertz CT molecular complexity index is 1760. The second-order valence-corrected chi connectivity index (χ2v) is 9.97. The molecule has 0 aliphatic rings. The quantitative estimate of drug-likeness (QED) is 0.241. The van der Waals surface area contributed by atoms with E-state index in [1.54, 1.807) is 23.1 Å². The molecule has 0 aliphatic heterocycles. The molecule has 3 aromatic carbocycles. The predicted molar refractivity (Wildman–Crippen MR) is 154 cm³/mol. The molecule has 0 saturated carbocycles. The minimum absolute atomic E-state index is 0.156. The van der Waals surface area contributed by atoms with Gasteiger partial charge in [-0.25, -0.2) is 4.39 Å². The summed E-state index contributed by atoms with van der Waals surface area (Å²) in [5, 5.41) is 13.0. The number of pyridine rings is 1. The zero-order valence-corrected chi connectivity index (χ0v) is 22.1. The number of benzene rings is 3. The Labute approximate surface area is 231 Å². The van der Waals surface area contributed by atoms with Crippen molar-refractivity contribution in [1.82, 2.24) is 25.0 Å². The van der Waals surface area contributed by atoms with Gasteiger partial charge >= 0.3 is 0 Å². The van der Waals surface area contributed by atoms with Gasteiger partial charge in [0.1, 0.15) is 18.2 Å². The molecule has 6 aromatic rings. The zero-order chi connectivity index (χ0) is 27.5. The lowest BCUT2D eigenvalue weighted by molar-refractivity contribution is 0.287. The van der Waals surface area contributed by atoms with Crippen LogP contribution in [0.4, 0.5) is 4.39 Å². The fourth-order valence-electron chi connectivity index (χ4n) is 4.85. The minimum atomic E-state index is -0.266. The van der Waals surface area contributed by atoms with Crippen LogP contribution >= 0.6 is 0 Å².